The van der Waals surface area contributed by atoms with Crippen molar-refractivity contribution >= 4 is 11.6 Å². The molecule has 0 aliphatic rings. The van der Waals surface area contributed by atoms with Crippen molar-refractivity contribution in [2.75, 3.05) is 12.3 Å². The van der Waals surface area contributed by atoms with Gasteiger partial charge in [-0.3, -0.25) is 4.79 Å². The molecule has 3 N–H and O–H groups in total. The monoisotopic (exact) mass is 292 g/mol. The minimum Gasteiger partial charge on any atom is -0.484 e. The number of carbonyl (C=O) groups is 1. The standard InChI is InChI=1S/C15H14F2N2O2/c16-11-2-1-10(14(17)7-11)8-19-15(20)9-21-13-5-3-12(18)4-6-13/h1-7H,8-9,18H2,(H,19,20). The van der Waals surface area contributed by atoms with Crippen molar-refractivity contribution in [3.05, 3.63) is 59.7 Å². The highest BCUT2D eigenvalue weighted by atomic mass is 19.1. The van der Waals surface area contributed by atoms with Crippen molar-refractivity contribution < 1.29 is 18.3 Å². The molecule has 0 bridgehead atoms. The summed E-state index contributed by atoms with van der Waals surface area (Å²) in [5, 5.41) is 2.49. The molecule has 1 amide bonds. The second kappa shape index (κ2) is 6.69. The van der Waals surface area contributed by atoms with Crippen molar-refractivity contribution in [1.82, 2.24) is 5.32 Å². The van der Waals surface area contributed by atoms with E-state index in [1.54, 1.807) is 24.3 Å². The van der Waals surface area contributed by atoms with Crippen LogP contribution in [0, 0.1) is 11.6 Å². The third kappa shape index (κ3) is 4.45. The quantitative estimate of drug-likeness (QED) is 0.831. The van der Waals surface area contributed by atoms with Gasteiger partial charge in [-0.1, -0.05) is 6.07 Å². The lowest BCUT2D eigenvalue weighted by atomic mass is 10.2. The molecule has 0 fully saturated rings. The second-order valence-electron chi connectivity index (χ2n) is 4.37. The van der Waals surface area contributed by atoms with Gasteiger partial charge >= 0.3 is 0 Å². The Labute approximate surface area is 120 Å². The van der Waals surface area contributed by atoms with Crippen LogP contribution in [0.1, 0.15) is 5.56 Å². The van der Waals surface area contributed by atoms with Crippen LogP contribution in [0.15, 0.2) is 42.5 Å². The molecule has 2 aromatic carbocycles. The molecule has 0 aliphatic carbocycles. The first-order valence-corrected chi connectivity index (χ1v) is 6.23. The molecule has 0 radical (unpaired) electrons. The van der Waals surface area contributed by atoms with Gasteiger partial charge in [0.1, 0.15) is 17.4 Å². The Morgan fingerprint density at radius 3 is 2.52 bits per heavy atom. The van der Waals surface area contributed by atoms with E-state index < -0.39 is 17.5 Å². The lowest BCUT2D eigenvalue weighted by Gasteiger charge is -2.08. The van der Waals surface area contributed by atoms with E-state index in [1.165, 1.54) is 6.07 Å². The largest absolute Gasteiger partial charge is 0.484 e. The molecule has 21 heavy (non-hydrogen) atoms. The van der Waals surface area contributed by atoms with E-state index in [0.29, 0.717) is 11.4 Å². The summed E-state index contributed by atoms with van der Waals surface area (Å²) >= 11 is 0. The highest BCUT2D eigenvalue weighted by Crippen LogP contribution is 2.13. The van der Waals surface area contributed by atoms with Crippen LogP contribution in [0.25, 0.3) is 0 Å². The maximum Gasteiger partial charge on any atom is 0.258 e. The number of carbonyl (C=O) groups excluding carboxylic acids is 1. The number of nitrogens with one attached hydrogen (secondary N) is 1. The average Bonchev–Trinajstić information content (AvgIpc) is 2.46. The zero-order chi connectivity index (χ0) is 15.2. The summed E-state index contributed by atoms with van der Waals surface area (Å²) in [6, 6.07) is 9.78. The van der Waals surface area contributed by atoms with Crippen LogP contribution >= 0.6 is 0 Å². The SMILES string of the molecule is Nc1ccc(OCC(=O)NCc2ccc(F)cc2F)cc1. The lowest BCUT2D eigenvalue weighted by molar-refractivity contribution is -0.123. The van der Waals surface area contributed by atoms with Gasteiger partial charge in [-0.2, -0.15) is 0 Å². The summed E-state index contributed by atoms with van der Waals surface area (Å²) in [5.74, 6) is -1.26. The number of ether oxygens (including phenoxy) is 1. The fourth-order valence-electron chi connectivity index (χ4n) is 1.62. The molecule has 2 rings (SSSR count). The molecule has 0 heterocycles. The molecule has 0 saturated heterocycles. The van der Waals surface area contributed by atoms with E-state index >= 15 is 0 Å². The Hall–Kier alpha value is -2.63. The van der Waals surface area contributed by atoms with Gasteiger partial charge in [-0.25, -0.2) is 8.78 Å². The molecule has 4 nitrogen and oxygen atoms in total. The Kier molecular flexibility index (Phi) is 4.71. The van der Waals surface area contributed by atoms with E-state index in [0.717, 1.165) is 12.1 Å². The van der Waals surface area contributed by atoms with Crippen LogP contribution in [0.5, 0.6) is 5.75 Å². The fraction of sp³-hybridized carbons (Fsp3) is 0.133. The van der Waals surface area contributed by atoms with Crippen LogP contribution in [-0.4, -0.2) is 12.5 Å². The predicted molar refractivity (Wildman–Crippen MR) is 74.6 cm³/mol. The number of nitrogen functional groups attached to an aromatic ring is 1. The molecule has 110 valence electrons. The van der Waals surface area contributed by atoms with E-state index in [9.17, 15) is 13.6 Å². The van der Waals surface area contributed by atoms with E-state index in [1.807, 2.05) is 0 Å². The van der Waals surface area contributed by atoms with Crippen molar-refractivity contribution in [3.63, 3.8) is 0 Å². The van der Waals surface area contributed by atoms with Gasteiger partial charge in [0, 0.05) is 23.9 Å². The van der Waals surface area contributed by atoms with E-state index in [4.69, 9.17) is 10.5 Å². The number of benzene rings is 2. The molecule has 0 atom stereocenters. The van der Waals surface area contributed by atoms with Crippen LogP contribution in [0.2, 0.25) is 0 Å². The Balaban J connectivity index is 1.80. The summed E-state index contributed by atoms with van der Waals surface area (Å²) < 4.78 is 31.3. The van der Waals surface area contributed by atoms with E-state index in [2.05, 4.69) is 5.32 Å². The van der Waals surface area contributed by atoms with Gasteiger partial charge in [-0.05, 0) is 30.3 Å². The first-order valence-electron chi connectivity index (χ1n) is 6.23. The molecular formula is C15H14F2N2O2. The number of hydrogen-bond donors (Lipinski definition) is 2. The zero-order valence-electron chi connectivity index (χ0n) is 11.1. The zero-order valence-corrected chi connectivity index (χ0v) is 11.1. The van der Waals surface area contributed by atoms with Gasteiger partial charge in [0.2, 0.25) is 0 Å². The van der Waals surface area contributed by atoms with Gasteiger partial charge in [-0.15, -0.1) is 0 Å². The van der Waals surface area contributed by atoms with Crippen LogP contribution in [0.4, 0.5) is 14.5 Å². The average molecular weight is 292 g/mol. The smallest absolute Gasteiger partial charge is 0.258 e. The number of amides is 1. The van der Waals surface area contributed by atoms with Gasteiger partial charge in [0.05, 0.1) is 0 Å². The predicted octanol–water partition coefficient (Wildman–Crippen LogP) is 2.24. The van der Waals surface area contributed by atoms with Crippen molar-refractivity contribution in [3.8, 4) is 5.75 Å². The number of rotatable bonds is 5. The molecule has 0 unspecified atom stereocenters. The highest BCUT2D eigenvalue weighted by molar-refractivity contribution is 5.77. The summed E-state index contributed by atoms with van der Waals surface area (Å²) in [6.07, 6.45) is 0. The second-order valence-corrected chi connectivity index (χ2v) is 4.37. The number of halogens is 2. The van der Waals surface area contributed by atoms with Crippen molar-refractivity contribution in [2.45, 2.75) is 6.54 Å². The Morgan fingerprint density at radius 2 is 1.86 bits per heavy atom. The number of anilines is 1. The normalized spacial score (nSPS) is 10.2. The maximum absolute atomic E-state index is 13.4. The maximum atomic E-state index is 13.4. The molecule has 0 saturated carbocycles. The third-order valence-corrected chi connectivity index (χ3v) is 2.74. The first-order chi connectivity index (χ1) is 10.0. The molecule has 0 aliphatic heterocycles. The van der Waals surface area contributed by atoms with Crippen LogP contribution < -0.4 is 15.8 Å². The van der Waals surface area contributed by atoms with Crippen LogP contribution in [0.3, 0.4) is 0 Å². The minimum absolute atomic E-state index is 0.0317. The molecule has 0 spiro atoms. The first kappa shape index (κ1) is 14.8. The summed E-state index contributed by atoms with van der Waals surface area (Å²) in [6.45, 7) is -0.233. The Bertz CT molecular complexity index is 630. The van der Waals surface area contributed by atoms with Crippen LogP contribution in [-0.2, 0) is 11.3 Å². The minimum atomic E-state index is -0.699. The third-order valence-electron chi connectivity index (χ3n) is 2.74. The molecular weight excluding hydrogens is 278 g/mol. The summed E-state index contributed by atoms with van der Waals surface area (Å²) in [5.41, 5.74) is 6.32. The molecule has 2 aromatic rings. The van der Waals surface area contributed by atoms with Gasteiger partial charge in [0.25, 0.3) is 5.91 Å². The van der Waals surface area contributed by atoms with Gasteiger partial charge < -0.3 is 15.8 Å². The highest BCUT2D eigenvalue weighted by Gasteiger charge is 2.07. The van der Waals surface area contributed by atoms with Gasteiger partial charge in [0.15, 0.2) is 6.61 Å². The topological polar surface area (TPSA) is 64.3 Å². The number of hydrogen-bond acceptors (Lipinski definition) is 3. The fourth-order valence-corrected chi connectivity index (χ4v) is 1.62. The summed E-state index contributed by atoms with van der Waals surface area (Å²) in [7, 11) is 0. The Morgan fingerprint density at radius 1 is 1.14 bits per heavy atom. The molecule has 0 aromatic heterocycles. The van der Waals surface area contributed by atoms with E-state index in [-0.39, 0.29) is 18.7 Å². The summed E-state index contributed by atoms with van der Waals surface area (Å²) in [4.78, 5) is 11.6. The van der Waals surface area contributed by atoms with Crippen molar-refractivity contribution in [1.29, 1.82) is 0 Å². The lowest BCUT2D eigenvalue weighted by Crippen LogP contribution is -2.28. The van der Waals surface area contributed by atoms with Crippen molar-refractivity contribution in [2.24, 2.45) is 0 Å². The number of nitrogens with two attached hydrogens (primary N) is 1. The molecule has 6 heteroatoms.